The summed E-state index contributed by atoms with van der Waals surface area (Å²) in [6.07, 6.45) is -3.74. The Morgan fingerprint density at radius 2 is 1.59 bits per heavy atom. The van der Waals surface area contributed by atoms with Gasteiger partial charge in [-0.15, -0.1) is 0 Å². The van der Waals surface area contributed by atoms with Gasteiger partial charge in [0.1, 0.15) is 23.8 Å². The highest BCUT2D eigenvalue weighted by molar-refractivity contribution is 6.30. The maximum atomic E-state index is 14.5. The van der Waals surface area contributed by atoms with Crippen molar-refractivity contribution in [3.05, 3.63) is 118 Å². The zero-order valence-corrected chi connectivity index (χ0v) is 21.8. The number of aromatic nitrogens is 1. The molecule has 7 nitrogen and oxygen atoms in total. The van der Waals surface area contributed by atoms with Crippen molar-refractivity contribution < 1.29 is 41.8 Å². The number of hydrogen-bond acceptors (Lipinski definition) is 6. The van der Waals surface area contributed by atoms with Gasteiger partial charge in [-0.25, -0.2) is 9.18 Å². The summed E-state index contributed by atoms with van der Waals surface area (Å²) >= 11 is 5.72. The Bertz CT molecular complexity index is 1620. The first-order valence-corrected chi connectivity index (χ1v) is 12.1. The van der Waals surface area contributed by atoms with E-state index in [-0.39, 0.29) is 33.1 Å². The monoisotopic (exact) mass is 586 g/mol. The first kappa shape index (κ1) is 29.2. The average Bonchev–Trinajstić information content (AvgIpc) is 2.95. The van der Waals surface area contributed by atoms with E-state index in [1.165, 1.54) is 49.6 Å². The predicted octanol–water partition coefficient (Wildman–Crippen LogP) is 6.74. The number of benzene rings is 3. The number of carbonyl (C=O) groups is 3. The number of anilines is 2. The second kappa shape index (κ2) is 11.8. The lowest BCUT2D eigenvalue weighted by Gasteiger charge is -2.26. The zero-order valence-electron chi connectivity index (χ0n) is 21.1. The average molecular weight is 587 g/mol. The largest absolute Gasteiger partial charge is 0.497 e. The first-order valence-electron chi connectivity index (χ1n) is 11.7. The maximum absolute atomic E-state index is 14.5. The van der Waals surface area contributed by atoms with Crippen LogP contribution in [0, 0.1) is 5.82 Å². The number of carboxylic acids is 1. The number of methoxy groups -OCH3 is 1. The zero-order chi connectivity index (χ0) is 29.9. The summed E-state index contributed by atoms with van der Waals surface area (Å²) in [4.78, 5) is 42.6. The molecule has 0 bridgehead atoms. The molecule has 0 amide bonds. The second-order valence-electron chi connectivity index (χ2n) is 8.65. The van der Waals surface area contributed by atoms with Crippen LogP contribution in [0.3, 0.4) is 0 Å². The predicted molar refractivity (Wildman–Crippen MR) is 142 cm³/mol. The molecule has 0 aliphatic heterocycles. The van der Waals surface area contributed by atoms with Gasteiger partial charge in [0, 0.05) is 21.7 Å². The van der Waals surface area contributed by atoms with Gasteiger partial charge in [-0.1, -0.05) is 17.7 Å². The highest BCUT2D eigenvalue weighted by Crippen LogP contribution is 2.33. The Hall–Kier alpha value is -4.77. The van der Waals surface area contributed by atoms with Crippen LogP contribution in [-0.2, 0) is 0 Å². The van der Waals surface area contributed by atoms with Gasteiger partial charge in [0.25, 0.3) is 0 Å². The summed E-state index contributed by atoms with van der Waals surface area (Å²) in [6.45, 7) is -1.55. The number of carboxylic acid groups (broad SMARTS) is 1. The van der Waals surface area contributed by atoms with Crippen LogP contribution in [0.5, 0.6) is 5.75 Å². The molecule has 0 unspecified atom stereocenters. The van der Waals surface area contributed by atoms with E-state index in [0.29, 0.717) is 10.6 Å². The third-order valence-electron chi connectivity index (χ3n) is 5.94. The van der Waals surface area contributed by atoms with Crippen molar-refractivity contribution in [3.8, 4) is 5.75 Å². The molecular formula is C29H19ClF4N2O5. The summed E-state index contributed by atoms with van der Waals surface area (Å²) in [7, 11) is 1.45. The van der Waals surface area contributed by atoms with Crippen LogP contribution < -0.4 is 9.64 Å². The number of ether oxygens (including phenoxy) is 1. The smallest absolute Gasteiger partial charge is 0.406 e. The van der Waals surface area contributed by atoms with Gasteiger partial charge < -0.3 is 14.7 Å². The van der Waals surface area contributed by atoms with Gasteiger partial charge >= 0.3 is 12.1 Å². The molecule has 41 heavy (non-hydrogen) atoms. The van der Waals surface area contributed by atoms with E-state index in [9.17, 15) is 37.1 Å². The number of rotatable bonds is 9. The molecule has 3 aromatic carbocycles. The Morgan fingerprint density at radius 3 is 2.15 bits per heavy atom. The molecule has 0 radical (unpaired) electrons. The lowest BCUT2D eigenvalue weighted by Crippen LogP contribution is -2.31. The number of carbonyl (C=O) groups excluding carboxylic acids is 2. The normalized spacial score (nSPS) is 11.2. The van der Waals surface area contributed by atoms with Crippen molar-refractivity contribution in [2.45, 2.75) is 6.18 Å². The number of alkyl halides is 3. The van der Waals surface area contributed by atoms with Crippen molar-refractivity contribution in [1.29, 1.82) is 0 Å². The Morgan fingerprint density at radius 1 is 0.902 bits per heavy atom. The highest BCUT2D eigenvalue weighted by Gasteiger charge is 2.33. The Labute approximate surface area is 235 Å². The van der Waals surface area contributed by atoms with Gasteiger partial charge in [-0.05, 0) is 66.7 Å². The summed E-state index contributed by atoms with van der Waals surface area (Å²) < 4.78 is 59.5. The van der Waals surface area contributed by atoms with Gasteiger partial charge in [-0.3, -0.25) is 14.6 Å². The number of pyridine rings is 1. The minimum absolute atomic E-state index is 0.00488. The van der Waals surface area contributed by atoms with E-state index in [0.717, 1.165) is 36.5 Å². The number of hydrogen-bond donors (Lipinski definition) is 1. The van der Waals surface area contributed by atoms with Crippen LogP contribution in [0.1, 0.15) is 42.3 Å². The maximum Gasteiger partial charge on any atom is 0.406 e. The lowest BCUT2D eigenvalue weighted by atomic mass is 9.94. The fourth-order valence-corrected chi connectivity index (χ4v) is 4.14. The molecule has 12 heteroatoms. The molecule has 0 saturated heterocycles. The van der Waals surface area contributed by atoms with Crippen LogP contribution in [0.25, 0.3) is 0 Å². The Kier molecular flexibility index (Phi) is 8.39. The quantitative estimate of drug-likeness (QED) is 0.171. The van der Waals surface area contributed by atoms with Crippen molar-refractivity contribution in [2.75, 3.05) is 18.6 Å². The van der Waals surface area contributed by atoms with Gasteiger partial charge in [0.2, 0.25) is 5.78 Å². The van der Waals surface area contributed by atoms with Crippen molar-refractivity contribution in [3.63, 3.8) is 0 Å². The van der Waals surface area contributed by atoms with Crippen molar-refractivity contribution >= 4 is 40.5 Å². The summed E-state index contributed by atoms with van der Waals surface area (Å²) in [5.41, 5.74) is -1.29. The third kappa shape index (κ3) is 6.69. The minimum atomic E-state index is -4.71. The number of ketones is 2. The molecule has 0 spiro atoms. The molecule has 210 valence electrons. The number of aromatic carboxylic acids is 1. The molecule has 4 aromatic rings. The van der Waals surface area contributed by atoms with Gasteiger partial charge in [0.05, 0.1) is 30.2 Å². The fraction of sp³-hybridized carbons (Fsp3) is 0.103. The standard InChI is InChI=1S/C29H19ClF4N2O5/c1-41-20-7-2-16(3-8-20)26(37)21-9-4-17(12-22(21)28(39)40)27(38)24-10-6-19(14-35-24)36(15-29(32,33)34)25-11-5-18(30)13-23(25)31/h2-14H,15H2,1H3,(H,39,40). The number of nitrogens with zero attached hydrogens (tertiary/aromatic N) is 2. The van der Waals surface area contributed by atoms with Crippen LogP contribution in [0.2, 0.25) is 5.02 Å². The SMILES string of the molecule is COc1ccc(C(=O)c2ccc(C(=O)c3ccc(N(CC(F)(F)F)c4ccc(Cl)cc4F)cn3)cc2C(=O)O)cc1. The van der Waals surface area contributed by atoms with Gasteiger partial charge in [-0.2, -0.15) is 13.2 Å². The molecule has 1 N–H and O–H groups in total. The molecule has 4 rings (SSSR count). The molecule has 0 saturated carbocycles. The molecule has 0 aliphatic carbocycles. The van der Waals surface area contributed by atoms with E-state index in [1.54, 1.807) is 0 Å². The summed E-state index contributed by atoms with van der Waals surface area (Å²) in [6, 6.07) is 15.0. The van der Waals surface area contributed by atoms with Crippen molar-refractivity contribution in [1.82, 2.24) is 4.98 Å². The van der Waals surface area contributed by atoms with Gasteiger partial charge in [0.15, 0.2) is 5.78 Å². The van der Waals surface area contributed by atoms with E-state index >= 15 is 0 Å². The minimum Gasteiger partial charge on any atom is -0.497 e. The van der Waals surface area contributed by atoms with Crippen LogP contribution in [0.4, 0.5) is 28.9 Å². The number of halogens is 5. The topological polar surface area (TPSA) is 96.8 Å². The van der Waals surface area contributed by atoms with Crippen molar-refractivity contribution in [2.24, 2.45) is 0 Å². The molecule has 0 aliphatic rings. The van der Waals surface area contributed by atoms with E-state index < -0.39 is 47.3 Å². The van der Waals surface area contributed by atoms with E-state index in [4.69, 9.17) is 16.3 Å². The molecule has 1 heterocycles. The lowest BCUT2D eigenvalue weighted by molar-refractivity contribution is -0.118. The highest BCUT2D eigenvalue weighted by atomic mass is 35.5. The second-order valence-corrected chi connectivity index (χ2v) is 9.09. The van der Waals surface area contributed by atoms with Crippen LogP contribution >= 0.6 is 11.6 Å². The first-order chi connectivity index (χ1) is 19.4. The molecule has 0 atom stereocenters. The van der Waals surface area contributed by atoms with Crippen LogP contribution in [0.15, 0.2) is 79.0 Å². The summed E-state index contributed by atoms with van der Waals surface area (Å²) in [5.74, 6) is -3.28. The van der Waals surface area contributed by atoms with E-state index in [1.807, 2.05) is 0 Å². The molecular weight excluding hydrogens is 568 g/mol. The fourth-order valence-electron chi connectivity index (χ4n) is 3.98. The van der Waals surface area contributed by atoms with E-state index in [2.05, 4.69) is 4.98 Å². The third-order valence-corrected chi connectivity index (χ3v) is 6.17. The van der Waals surface area contributed by atoms with Crippen LogP contribution in [-0.4, -0.2) is 47.5 Å². The molecule has 0 fully saturated rings. The Balaban J connectivity index is 1.64. The summed E-state index contributed by atoms with van der Waals surface area (Å²) in [5, 5.41) is 9.72. The molecule has 1 aromatic heterocycles.